The van der Waals surface area contributed by atoms with Gasteiger partial charge in [-0.1, -0.05) is 11.6 Å². The largest absolute Gasteiger partial charge is 0.508 e. The summed E-state index contributed by atoms with van der Waals surface area (Å²) in [6.45, 7) is 14.9. The summed E-state index contributed by atoms with van der Waals surface area (Å²) >= 11 is 6.57. The first-order valence-corrected chi connectivity index (χ1v) is 13.8. The molecule has 2 aliphatic rings. The summed E-state index contributed by atoms with van der Waals surface area (Å²) in [6, 6.07) is 3.30. The molecule has 1 atom stereocenters. The molecule has 2 aliphatic heterocycles. The zero-order valence-electron chi connectivity index (χ0n) is 23.6. The van der Waals surface area contributed by atoms with Crippen LogP contribution in [0.3, 0.4) is 0 Å². The van der Waals surface area contributed by atoms with E-state index in [0.717, 1.165) is 36.1 Å². The summed E-state index contributed by atoms with van der Waals surface area (Å²) < 4.78 is 19.9. The van der Waals surface area contributed by atoms with E-state index in [1.54, 1.807) is 23.4 Å². The second-order valence-corrected chi connectivity index (χ2v) is 12.7. The predicted octanol–water partition coefficient (Wildman–Crippen LogP) is 4.68. The SMILES string of the molecule is CC(C)(C)OC(=O)N1CCCC(n2cnc(CCCc3c(Cl)cc(O)cc3B3OC(C)(C)C(C)(C)O3)n2)C1. The maximum Gasteiger partial charge on any atom is 0.495 e. The first-order valence-electron chi connectivity index (χ1n) is 13.4. The molecule has 1 amide bonds. The number of aromatic hydroxyl groups is 1. The number of carbonyl (C=O) groups is 1. The lowest BCUT2D eigenvalue weighted by molar-refractivity contribution is 0.00578. The van der Waals surface area contributed by atoms with Crippen LogP contribution in [0, 0.1) is 0 Å². The van der Waals surface area contributed by atoms with Crippen molar-refractivity contribution in [3.05, 3.63) is 34.9 Å². The molecule has 0 saturated carbocycles. The van der Waals surface area contributed by atoms with E-state index in [4.69, 9.17) is 30.7 Å². The van der Waals surface area contributed by atoms with Gasteiger partial charge in [0.2, 0.25) is 0 Å². The molecule has 4 rings (SSSR count). The van der Waals surface area contributed by atoms with Crippen molar-refractivity contribution in [2.24, 2.45) is 0 Å². The Morgan fingerprint density at radius 2 is 1.89 bits per heavy atom. The van der Waals surface area contributed by atoms with Crippen molar-refractivity contribution >= 4 is 30.3 Å². The fourth-order valence-electron chi connectivity index (χ4n) is 4.77. The van der Waals surface area contributed by atoms with Crippen molar-refractivity contribution in [3.63, 3.8) is 0 Å². The normalized spacial score (nSPS) is 21.1. The van der Waals surface area contributed by atoms with Crippen molar-refractivity contribution in [2.75, 3.05) is 13.1 Å². The van der Waals surface area contributed by atoms with E-state index in [2.05, 4.69) is 4.98 Å². The Kier molecular flexibility index (Phi) is 8.08. The highest BCUT2D eigenvalue weighted by Gasteiger charge is 2.52. The predicted molar refractivity (Wildman–Crippen MR) is 147 cm³/mol. The third-order valence-corrected chi connectivity index (χ3v) is 7.86. The standard InChI is InChI=1S/C27H40BClN4O5/c1-25(2,3)36-24(35)32-13-9-10-18(16-32)33-17-30-23(31-33)12-8-11-20-21(14-19(34)15-22(20)29)28-37-26(4,5)27(6,7)38-28/h14-15,17-18,34H,8-13,16H2,1-7H3. The van der Waals surface area contributed by atoms with Gasteiger partial charge in [0.05, 0.1) is 17.2 Å². The van der Waals surface area contributed by atoms with Gasteiger partial charge in [0, 0.05) is 24.5 Å². The second kappa shape index (κ2) is 10.7. The van der Waals surface area contributed by atoms with Crippen molar-refractivity contribution in [3.8, 4) is 5.75 Å². The lowest BCUT2D eigenvalue weighted by Crippen LogP contribution is -2.43. The minimum Gasteiger partial charge on any atom is -0.508 e. The van der Waals surface area contributed by atoms with Crippen molar-refractivity contribution in [1.29, 1.82) is 0 Å². The molecule has 3 heterocycles. The minimum absolute atomic E-state index is 0.0686. The van der Waals surface area contributed by atoms with Gasteiger partial charge in [-0.3, -0.25) is 0 Å². The monoisotopic (exact) mass is 546 g/mol. The van der Waals surface area contributed by atoms with Gasteiger partial charge in [-0.05, 0) is 97.3 Å². The number of likely N-dealkylation sites (tertiary alicyclic amines) is 1. The summed E-state index contributed by atoms with van der Waals surface area (Å²) in [4.78, 5) is 18.8. The number of halogens is 1. The average molecular weight is 547 g/mol. The molecule has 0 radical (unpaired) electrons. The van der Waals surface area contributed by atoms with Gasteiger partial charge >= 0.3 is 13.2 Å². The third-order valence-electron chi connectivity index (χ3n) is 7.53. The molecule has 2 aromatic rings. The fraction of sp³-hybridized carbons (Fsp3) is 0.667. The molecule has 2 saturated heterocycles. The van der Waals surface area contributed by atoms with Crippen LogP contribution in [0.4, 0.5) is 4.79 Å². The number of rotatable bonds is 6. The van der Waals surface area contributed by atoms with E-state index in [1.807, 2.05) is 53.1 Å². The van der Waals surface area contributed by atoms with Crippen molar-refractivity contribution in [1.82, 2.24) is 19.7 Å². The van der Waals surface area contributed by atoms with Gasteiger partial charge in [0.1, 0.15) is 17.7 Å². The van der Waals surface area contributed by atoms with E-state index in [0.29, 0.717) is 31.0 Å². The summed E-state index contributed by atoms with van der Waals surface area (Å²) in [5.41, 5.74) is 0.121. The number of hydrogen-bond acceptors (Lipinski definition) is 7. The third kappa shape index (κ3) is 6.46. The molecule has 208 valence electrons. The lowest BCUT2D eigenvalue weighted by Gasteiger charge is -2.33. The Morgan fingerprint density at radius 3 is 2.55 bits per heavy atom. The van der Waals surface area contributed by atoms with Crippen molar-refractivity contribution in [2.45, 2.75) is 103 Å². The maximum atomic E-state index is 12.5. The molecule has 0 spiro atoms. The fourth-order valence-corrected chi connectivity index (χ4v) is 5.09. The van der Waals surface area contributed by atoms with E-state index in [-0.39, 0.29) is 17.9 Å². The Hall–Kier alpha value is -2.30. The summed E-state index contributed by atoms with van der Waals surface area (Å²) in [5, 5.41) is 15.4. The van der Waals surface area contributed by atoms with Crippen LogP contribution in [0.25, 0.3) is 0 Å². The smallest absolute Gasteiger partial charge is 0.495 e. The second-order valence-electron chi connectivity index (χ2n) is 12.3. The highest BCUT2D eigenvalue weighted by Crippen LogP contribution is 2.37. The zero-order valence-corrected chi connectivity index (χ0v) is 24.3. The number of phenolic OH excluding ortho intramolecular Hbond substituents is 1. The van der Waals surface area contributed by atoms with Crippen LogP contribution in [-0.2, 0) is 26.9 Å². The molecule has 38 heavy (non-hydrogen) atoms. The van der Waals surface area contributed by atoms with E-state index in [1.165, 1.54) is 0 Å². The van der Waals surface area contributed by atoms with E-state index < -0.39 is 23.9 Å². The zero-order chi connectivity index (χ0) is 27.9. The quantitative estimate of drug-likeness (QED) is 0.525. The van der Waals surface area contributed by atoms with Gasteiger partial charge in [0.15, 0.2) is 5.82 Å². The number of hydrogen-bond donors (Lipinski definition) is 1. The first kappa shape index (κ1) is 28.7. The summed E-state index contributed by atoms with van der Waals surface area (Å²) in [6.07, 6.45) is 5.37. The van der Waals surface area contributed by atoms with Crippen LogP contribution in [0.15, 0.2) is 18.5 Å². The van der Waals surface area contributed by atoms with Gasteiger partial charge in [-0.15, -0.1) is 0 Å². The molecular formula is C27H40BClN4O5. The number of amides is 1. The van der Waals surface area contributed by atoms with E-state index in [9.17, 15) is 9.90 Å². The molecule has 1 N–H and O–H groups in total. The highest BCUT2D eigenvalue weighted by atomic mass is 35.5. The van der Waals surface area contributed by atoms with Gasteiger partial charge in [-0.2, -0.15) is 5.10 Å². The molecular weight excluding hydrogens is 507 g/mol. The number of aromatic nitrogens is 3. The number of piperidine rings is 1. The molecule has 1 aromatic carbocycles. The van der Waals surface area contributed by atoms with Crippen LogP contribution in [0.5, 0.6) is 5.75 Å². The van der Waals surface area contributed by atoms with E-state index >= 15 is 0 Å². The minimum atomic E-state index is -0.615. The van der Waals surface area contributed by atoms with Gasteiger partial charge in [-0.25, -0.2) is 14.5 Å². The van der Waals surface area contributed by atoms with Crippen LogP contribution in [0.1, 0.15) is 85.2 Å². The highest BCUT2D eigenvalue weighted by molar-refractivity contribution is 6.63. The van der Waals surface area contributed by atoms with Gasteiger partial charge in [0.25, 0.3) is 0 Å². The number of ether oxygens (including phenoxy) is 1. The molecule has 0 aliphatic carbocycles. The number of phenols is 1. The Balaban J connectivity index is 1.39. The Labute approximate surface area is 230 Å². The topological polar surface area (TPSA) is 98.9 Å². The molecule has 2 fully saturated rings. The van der Waals surface area contributed by atoms with Gasteiger partial charge < -0.3 is 24.1 Å². The molecule has 0 bridgehead atoms. The molecule has 1 unspecified atom stereocenters. The Bertz CT molecular complexity index is 1150. The number of aryl methyl sites for hydroxylation is 1. The van der Waals surface area contributed by atoms with Crippen molar-refractivity contribution < 1.29 is 23.9 Å². The first-order chi connectivity index (χ1) is 17.6. The summed E-state index contributed by atoms with van der Waals surface area (Å²) in [7, 11) is -0.615. The number of nitrogens with zero attached hydrogens (tertiary/aromatic N) is 4. The number of benzene rings is 1. The molecule has 1 aromatic heterocycles. The van der Waals surface area contributed by atoms with Crippen LogP contribution in [-0.4, -0.2) is 67.9 Å². The Morgan fingerprint density at radius 1 is 1.21 bits per heavy atom. The maximum absolute atomic E-state index is 12.5. The molecule has 11 heteroatoms. The van der Waals surface area contributed by atoms with Crippen LogP contribution in [0.2, 0.25) is 5.02 Å². The average Bonchev–Trinajstić information content (AvgIpc) is 3.35. The lowest BCUT2D eigenvalue weighted by atomic mass is 9.74. The van der Waals surface area contributed by atoms with Crippen LogP contribution < -0.4 is 5.46 Å². The summed E-state index contributed by atoms with van der Waals surface area (Å²) in [5.74, 6) is 0.822. The number of carbonyl (C=O) groups excluding carboxylic acids is 1. The van der Waals surface area contributed by atoms with Crippen LogP contribution >= 0.6 is 11.6 Å². The molecule has 9 nitrogen and oxygen atoms in total.